The molecule has 8 nitrogen and oxygen atoms in total. The Morgan fingerprint density at radius 3 is 2.33 bits per heavy atom. The third-order valence-electron chi connectivity index (χ3n) is 3.78. The average Bonchev–Trinajstić information content (AvgIpc) is 3.17. The summed E-state index contributed by atoms with van der Waals surface area (Å²) in [7, 11) is -2.64. The molecule has 140 valence electrons. The van der Waals surface area contributed by atoms with Crippen molar-refractivity contribution in [2.75, 3.05) is 13.7 Å². The van der Waals surface area contributed by atoms with Gasteiger partial charge in [-0.3, -0.25) is 4.79 Å². The third-order valence-corrected chi connectivity index (χ3v) is 5.20. The Morgan fingerprint density at radius 1 is 1.07 bits per heavy atom. The van der Waals surface area contributed by atoms with Gasteiger partial charge in [0.15, 0.2) is 0 Å². The molecule has 3 rings (SSSR count). The molecule has 0 radical (unpaired) electrons. The second-order valence-electron chi connectivity index (χ2n) is 5.71. The van der Waals surface area contributed by atoms with E-state index >= 15 is 0 Å². The number of hydrogen-bond acceptors (Lipinski definition) is 7. The van der Waals surface area contributed by atoms with Gasteiger partial charge < -0.3 is 9.26 Å². The van der Waals surface area contributed by atoms with E-state index in [1.807, 2.05) is 31.2 Å². The van der Waals surface area contributed by atoms with Crippen molar-refractivity contribution in [2.45, 2.75) is 11.8 Å². The Hall–Kier alpha value is -3.04. The SMILES string of the molecule is COC(=O)CNS(=O)(=O)c1ccc(-c2nc(-c3ccc(C)cc3)no2)cc1. The van der Waals surface area contributed by atoms with Gasteiger partial charge in [-0.1, -0.05) is 35.0 Å². The van der Waals surface area contributed by atoms with E-state index in [9.17, 15) is 13.2 Å². The number of ether oxygens (including phenoxy) is 1. The van der Waals surface area contributed by atoms with Crippen molar-refractivity contribution in [1.82, 2.24) is 14.9 Å². The van der Waals surface area contributed by atoms with Crippen LogP contribution in [0.4, 0.5) is 0 Å². The number of aromatic nitrogens is 2. The molecular weight excluding hydrogens is 370 g/mol. The largest absolute Gasteiger partial charge is 0.468 e. The van der Waals surface area contributed by atoms with Gasteiger partial charge in [-0.25, -0.2) is 8.42 Å². The van der Waals surface area contributed by atoms with Gasteiger partial charge in [-0.2, -0.15) is 9.71 Å². The molecular formula is C18H17N3O5S. The van der Waals surface area contributed by atoms with E-state index < -0.39 is 22.5 Å². The minimum absolute atomic E-state index is 0.00780. The lowest BCUT2D eigenvalue weighted by Crippen LogP contribution is -2.30. The van der Waals surface area contributed by atoms with E-state index in [0.29, 0.717) is 11.4 Å². The molecule has 0 aliphatic carbocycles. The molecule has 1 heterocycles. The Bertz CT molecular complexity index is 1040. The molecule has 2 aromatic carbocycles. The second kappa shape index (κ2) is 7.68. The minimum Gasteiger partial charge on any atom is -0.468 e. The number of hydrogen-bond donors (Lipinski definition) is 1. The smallest absolute Gasteiger partial charge is 0.320 e. The molecule has 1 N–H and O–H groups in total. The molecule has 0 unspecified atom stereocenters. The molecule has 0 amide bonds. The highest BCUT2D eigenvalue weighted by atomic mass is 32.2. The predicted molar refractivity (Wildman–Crippen MR) is 97.1 cm³/mol. The zero-order valence-electron chi connectivity index (χ0n) is 14.7. The van der Waals surface area contributed by atoms with Crippen LogP contribution in [0.3, 0.4) is 0 Å². The van der Waals surface area contributed by atoms with Crippen LogP contribution >= 0.6 is 0 Å². The monoisotopic (exact) mass is 387 g/mol. The number of rotatable bonds is 6. The summed E-state index contributed by atoms with van der Waals surface area (Å²) in [6.07, 6.45) is 0. The fourth-order valence-corrected chi connectivity index (χ4v) is 3.22. The summed E-state index contributed by atoms with van der Waals surface area (Å²) in [6.45, 7) is 1.55. The van der Waals surface area contributed by atoms with Gasteiger partial charge in [0, 0.05) is 11.1 Å². The first-order chi connectivity index (χ1) is 12.9. The van der Waals surface area contributed by atoms with E-state index in [4.69, 9.17) is 4.52 Å². The first-order valence-corrected chi connectivity index (χ1v) is 9.45. The van der Waals surface area contributed by atoms with Crippen molar-refractivity contribution in [1.29, 1.82) is 0 Å². The maximum absolute atomic E-state index is 12.1. The molecule has 0 aliphatic rings. The fraction of sp³-hybridized carbons (Fsp3) is 0.167. The maximum atomic E-state index is 12.1. The summed E-state index contributed by atoms with van der Waals surface area (Å²) in [5, 5.41) is 3.95. The Morgan fingerprint density at radius 2 is 1.70 bits per heavy atom. The van der Waals surface area contributed by atoms with Crippen LogP contribution in [0.1, 0.15) is 5.56 Å². The zero-order chi connectivity index (χ0) is 19.4. The van der Waals surface area contributed by atoms with Crippen molar-refractivity contribution in [3.8, 4) is 22.8 Å². The number of benzene rings is 2. The summed E-state index contributed by atoms with van der Waals surface area (Å²) in [5.41, 5.74) is 2.52. The van der Waals surface area contributed by atoms with Gasteiger partial charge in [-0.05, 0) is 31.2 Å². The first-order valence-electron chi connectivity index (χ1n) is 7.97. The molecule has 0 aliphatic heterocycles. The Labute approximate surface area is 156 Å². The topological polar surface area (TPSA) is 111 Å². The van der Waals surface area contributed by atoms with E-state index in [1.165, 1.54) is 19.2 Å². The van der Waals surface area contributed by atoms with Crippen LogP contribution in [0.25, 0.3) is 22.8 Å². The Kier molecular flexibility index (Phi) is 5.33. The van der Waals surface area contributed by atoms with E-state index in [1.54, 1.807) is 12.1 Å². The summed E-state index contributed by atoms with van der Waals surface area (Å²) >= 11 is 0. The lowest BCUT2D eigenvalue weighted by atomic mass is 10.1. The molecule has 0 fully saturated rings. The number of methoxy groups -OCH3 is 1. The van der Waals surface area contributed by atoms with Crippen LogP contribution in [-0.4, -0.2) is 38.2 Å². The third kappa shape index (κ3) is 4.39. The summed E-state index contributed by atoms with van der Waals surface area (Å²) < 4.78 is 36.1. The standard InChI is InChI=1S/C18H17N3O5S/c1-12-3-5-13(6-4-12)17-20-18(26-21-17)14-7-9-15(10-8-14)27(23,24)19-11-16(22)25-2/h3-10,19H,11H2,1-2H3. The molecule has 0 atom stereocenters. The van der Waals surface area contributed by atoms with Crippen molar-refractivity contribution in [3.63, 3.8) is 0 Å². The summed E-state index contributed by atoms with van der Waals surface area (Å²) in [4.78, 5) is 15.4. The number of nitrogens with zero attached hydrogens (tertiary/aromatic N) is 2. The predicted octanol–water partition coefficient (Wildman–Crippen LogP) is 2.16. The molecule has 1 aromatic heterocycles. The lowest BCUT2D eigenvalue weighted by molar-refractivity contribution is -0.139. The molecule has 9 heteroatoms. The van der Waals surface area contributed by atoms with Crippen molar-refractivity contribution in [3.05, 3.63) is 54.1 Å². The van der Waals surface area contributed by atoms with Crippen LogP contribution in [0.2, 0.25) is 0 Å². The molecule has 0 saturated carbocycles. The van der Waals surface area contributed by atoms with Crippen LogP contribution in [0, 0.1) is 6.92 Å². The van der Waals surface area contributed by atoms with Crippen LogP contribution in [0.15, 0.2) is 57.9 Å². The molecule has 0 saturated heterocycles. The van der Waals surface area contributed by atoms with Crippen molar-refractivity contribution < 1.29 is 22.5 Å². The van der Waals surface area contributed by atoms with Crippen LogP contribution < -0.4 is 4.72 Å². The van der Waals surface area contributed by atoms with E-state index in [0.717, 1.165) is 11.1 Å². The van der Waals surface area contributed by atoms with Crippen LogP contribution in [0.5, 0.6) is 0 Å². The number of carbonyl (C=O) groups excluding carboxylic acids is 1. The van der Waals surface area contributed by atoms with Gasteiger partial charge in [0.2, 0.25) is 15.8 Å². The van der Waals surface area contributed by atoms with Crippen molar-refractivity contribution >= 4 is 16.0 Å². The zero-order valence-corrected chi connectivity index (χ0v) is 15.5. The van der Waals surface area contributed by atoms with E-state index in [-0.39, 0.29) is 10.8 Å². The van der Waals surface area contributed by atoms with Crippen LogP contribution in [-0.2, 0) is 19.6 Å². The second-order valence-corrected chi connectivity index (χ2v) is 7.48. The van der Waals surface area contributed by atoms with Gasteiger partial charge in [0.25, 0.3) is 5.89 Å². The van der Waals surface area contributed by atoms with Gasteiger partial charge >= 0.3 is 5.97 Å². The van der Waals surface area contributed by atoms with E-state index in [2.05, 4.69) is 19.6 Å². The quantitative estimate of drug-likeness (QED) is 0.645. The Balaban J connectivity index is 1.78. The van der Waals surface area contributed by atoms with Crippen molar-refractivity contribution in [2.24, 2.45) is 0 Å². The number of aryl methyl sites for hydroxylation is 1. The lowest BCUT2D eigenvalue weighted by Gasteiger charge is -2.05. The molecule has 27 heavy (non-hydrogen) atoms. The number of esters is 1. The van der Waals surface area contributed by atoms with Gasteiger partial charge in [0.05, 0.1) is 12.0 Å². The summed E-state index contributed by atoms with van der Waals surface area (Å²) in [5.74, 6) is 0.0446. The van der Waals surface area contributed by atoms with Gasteiger partial charge in [-0.15, -0.1) is 0 Å². The fourth-order valence-electron chi connectivity index (χ4n) is 2.25. The minimum atomic E-state index is -3.82. The molecule has 0 spiro atoms. The molecule has 0 bridgehead atoms. The number of carbonyl (C=O) groups is 1. The number of sulfonamides is 1. The molecule has 3 aromatic rings. The van der Waals surface area contributed by atoms with Gasteiger partial charge in [0.1, 0.15) is 6.54 Å². The highest BCUT2D eigenvalue weighted by Crippen LogP contribution is 2.23. The normalized spacial score (nSPS) is 11.3. The highest BCUT2D eigenvalue weighted by molar-refractivity contribution is 7.89. The number of nitrogens with one attached hydrogen (secondary N) is 1. The first kappa shape index (κ1) is 18.7. The average molecular weight is 387 g/mol. The summed E-state index contributed by atoms with van der Waals surface area (Å²) in [6, 6.07) is 13.6. The maximum Gasteiger partial charge on any atom is 0.320 e. The highest BCUT2D eigenvalue weighted by Gasteiger charge is 2.17.